The van der Waals surface area contributed by atoms with Gasteiger partial charge < -0.3 is 16.4 Å². The lowest BCUT2D eigenvalue weighted by atomic mass is 9.77. The second-order valence-electron chi connectivity index (χ2n) is 10.7. The fourth-order valence-corrected chi connectivity index (χ4v) is 6.10. The quantitative estimate of drug-likeness (QED) is 0.268. The standard InChI is InChI=1S/C38H37N3/c1-3-12-26(2)19-20-33-36(24-39)40-25-34-32-17-10-11-18-35(32)41-38(37(33)34)31-22-29(27-13-6-4-7-14-27)21-30(23-31)28-15-8-5-9-16-28/h3-9,12-23,38,40-41H,2,10-11,24-25,39H2,1H3/b12-3-,20-19-. The largest absolute Gasteiger partial charge is 0.383 e. The number of nitrogens with one attached hydrogen (secondary N) is 2. The second-order valence-corrected chi connectivity index (χ2v) is 10.7. The summed E-state index contributed by atoms with van der Waals surface area (Å²) in [5.41, 5.74) is 20.8. The third-order valence-electron chi connectivity index (χ3n) is 8.04. The first-order valence-corrected chi connectivity index (χ1v) is 14.5. The Morgan fingerprint density at radius 2 is 1.54 bits per heavy atom. The average Bonchev–Trinajstić information content (AvgIpc) is 3.03. The molecule has 41 heavy (non-hydrogen) atoms. The van der Waals surface area contributed by atoms with Crippen LogP contribution in [0.2, 0.25) is 0 Å². The van der Waals surface area contributed by atoms with E-state index in [1.165, 1.54) is 50.2 Å². The molecule has 0 saturated carbocycles. The molecule has 2 aliphatic heterocycles. The Bertz CT molecular complexity index is 1590. The van der Waals surface area contributed by atoms with Crippen LogP contribution in [0.4, 0.5) is 0 Å². The van der Waals surface area contributed by atoms with Gasteiger partial charge in [0.1, 0.15) is 0 Å². The number of hydrogen-bond donors (Lipinski definition) is 3. The Morgan fingerprint density at radius 3 is 2.17 bits per heavy atom. The molecule has 1 atom stereocenters. The highest BCUT2D eigenvalue weighted by Crippen LogP contribution is 2.45. The summed E-state index contributed by atoms with van der Waals surface area (Å²) in [6.45, 7) is 7.44. The molecule has 0 saturated heterocycles. The average molecular weight is 536 g/mol. The first-order chi connectivity index (χ1) is 20.2. The van der Waals surface area contributed by atoms with E-state index in [-0.39, 0.29) is 6.04 Å². The summed E-state index contributed by atoms with van der Waals surface area (Å²) in [5, 5.41) is 7.63. The lowest BCUT2D eigenvalue weighted by Crippen LogP contribution is -2.39. The Balaban J connectivity index is 1.57. The number of allylic oxidation sites excluding steroid dienone is 8. The minimum Gasteiger partial charge on any atom is -0.383 e. The van der Waals surface area contributed by atoms with Crippen molar-refractivity contribution >= 4 is 0 Å². The van der Waals surface area contributed by atoms with E-state index in [2.05, 4.69) is 120 Å². The van der Waals surface area contributed by atoms with Crippen LogP contribution in [-0.4, -0.2) is 13.1 Å². The zero-order valence-corrected chi connectivity index (χ0v) is 23.7. The van der Waals surface area contributed by atoms with Crippen LogP contribution < -0.4 is 16.4 Å². The molecule has 0 bridgehead atoms. The zero-order chi connectivity index (χ0) is 28.2. The number of nitrogens with two attached hydrogens (primary N) is 1. The van der Waals surface area contributed by atoms with Crippen molar-refractivity contribution in [1.82, 2.24) is 10.6 Å². The van der Waals surface area contributed by atoms with Crippen LogP contribution in [0.25, 0.3) is 22.3 Å². The molecule has 0 fully saturated rings. The number of fused-ring (bicyclic) bond motifs is 2. The van der Waals surface area contributed by atoms with E-state index >= 15 is 0 Å². The maximum absolute atomic E-state index is 6.34. The van der Waals surface area contributed by atoms with Crippen molar-refractivity contribution in [2.24, 2.45) is 5.73 Å². The van der Waals surface area contributed by atoms with Gasteiger partial charge in [0.2, 0.25) is 0 Å². The van der Waals surface area contributed by atoms with E-state index in [1.807, 2.05) is 19.1 Å². The fraction of sp³-hybridized carbons (Fsp3) is 0.158. The molecule has 6 rings (SSSR count). The van der Waals surface area contributed by atoms with Crippen LogP contribution in [0, 0.1) is 0 Å². The fourth-order valence-electron chi connectivity index (χ4n) is 6.10. The molecule has 3 aliphatic rings. The lowest BCUT2D eigenvalue weighted by molar-refractivity contribution is 0.630. The van der Waals surface area contributed by atoms with Crippen LogP contribution >= 0.6 is 0 Å². The van der Waals surface area contributed by atoms with Gasteiger partial charge in [-0.1, -0.05) is 104 Å². The molecule has 3 heteroatoms. The summed E-state index contributed by atoms with van der Waals surface area (Å²) < 4.78 is 0. The van der Waals surface area contributed by atoms with Crippen molar-refractivity contribution in [3.8, 4) is 22.3 Å². The summed E-state index contributed by atoms with van der Waals surface area (Å²) in [6, 6.07) is 28.3. The van der Waals surface area contributed by atoms with Crippen LogP contribution in [0.1, 0.15) is 31.4 Å². The lowest BCUT2D eigenvalue weighted by Gasteiger charge is -2.40. The first-order valence-electron chi connectivity index (χ1n) is 14.5. The molecule has 0 amide bonds. The topological polar surface area (TPSA) is 50.1 Å². The van der Waals surface area contributed by atoms with Crippen molar-refractivity contribution in [1.29, 1.82) is 0 Å². The van der Waals surface area contributed by atoms with Gasteiger partial charge in [-0.2, -0.15) is 0 Å². The predicted octanol–water partition coefficient (Wildman–Crippen LogP) is 8.07. The highest BCUT2D eigenvalue weighted by Gasteiger charge is 2.35. The highest BCUT2D eigenvalue weighted by molar-refractivity contribution is 5.76. The van der Waals surface area contributed by atoms with Gasteiger partial charge in [0.25, 0.3) is 0 Å². The first kappa shape index (κ1) is 26.6. The van der Waals surface area contributed by atoms with E-state index in [4.69, 9.17) is 5.73 Å². The molecule has 0 aromatic heterocycles. The number of hydrogen-bond acceptors (Lipinski definition) is 3. The number of rotatable bonds is 7. The highest BCUT2D eigenvalue weighted by atomic mass is 15.0. The molecule has 4 N–H and O–H groups in total. The Hall–Kier alpha value is -4.60. The van der Waals surface area contributed by atoms with E-state index in [1.54, 1.807) is 0 Å². The summed E-state index contributed by atoms with van der Waals surface area (Å²) >= 11 is 0. The van der Waals surface area contributed by atoms with Crippen LogP contribution in [0.3, 0.4) is 0 Å². The van der Waals surface area contributed by atoms with Crippen molar-refractivity contribution in [3.05, 3.63) is 167 Å². The summed E-state index contributed by atoms with van der Waals surface area (Å²) in [7, 11) is 0. The predicted molar refractivity (Wildman–Crippen MR) is 173 cm³/mol. The maximum Gasteiger partial charge on any atom is 0.0778 e. The van der Waals surface area contributed by atoms with E-state index in [0.717, 1.165) is 36.2 Å². The minimum atomic E-state index is -0.0316. The monoisotopic (exact) mass is 535 g/mol. The third kappa shape index (κ3) is 5.41. The molecule has 1 unspecified atom stereocenters. The number of dihydropyridines is 1. The molecule has 0 spiro atoms. The van der Waals surface area contributed by atoms with Gasteiger partial charge in [-0.3, -0.25) is 0 Å². The molecule has 0 radical (unpaired) electrons. The van der Waals surface area contributed by atoms with Gasteiger partial charge >= 0.3 is 0 Å². The van der Waals surface area contributed by atoms with Crippen LogP contribution in [0.5, 0.6) is 0 Å². The second kappa shape index (κ2) is 11.9. The maximum atomic E-state index is 6.34. The van der Waals surface area contributed by atoms with Crippen LogP contribution in [0.15, 0.2) is 161 Å². The SMILES string of the molecule is C=C(/C=C\C)/C=C\C1=C(CN)NCC2=C1C(c1cc(-c3ccccc3)cc(-c3ccccc3)c1)NC1=CCCC=C12. The van der Waals surface area contributed by atoms with Crippen LogP contribution in [-0.2, 0) is 0 Å². The van der Waals surface area contributed by atoms with Gasteiger partial charge in [-0.05, 0) is 88.1 Å². The van der Waals surface area contributed by atoms with E-state index < -0.39 is 0 Å². The normalized spacial score (nSPS) is 18.4. The van der Waals surface area contributed by atoms with Crippen molar-refractivity contribution in [3.63, 3.8) is 0 Å². The molecular formula is C38H37N3. The van der Waals surface area contributed by atoms with Gasteiger partial charge in [0.15, 0.2) is 0 Å². The van der Waals surface area contributed by atoms with E-state index in [9.17, 15) is 0 Å². The summed E-state index contributed by atoms with van der Waals surface area (Å²) in [6.07, 6.45) is 15.2. The molecule has 204 valence electrons. The van der Waals surface area contributed by atoms with Gasteiger partial charge in [0, 0.05) is 30.1 Å². The summed E-state index contributed by atoms with van der Waals surface area (Å²) in [5.74, 6) is 0. The molecule has 3 aromatic rings. The number of benzene rings is 3. The zero-order valence-electron chi connectivity index (χ0n) is 23.7. The minimum absolute atomic E-state index is 0.0316. The van der Waals surface area contributed by atoms with Gasteiger partial charge in [-0.15, -0.1) is 0 Å². The Kier molecular flexibility index (Phi) is 7.71. The molecule has 3 aromatic carbocycles. The van der Waals surface area contributed by atoms with Gasteiger partial charge in [0.05, 0.1) is 6.04 Å². The molecule has 2 heterocycles. The van der Waals surface area contributed by atoms with Crippen molar-refractivity contribution in [2.45, 2.75) is 25.8 Å². The van der Waals surface area contributed by atoms with E-state index in [0.29, 0.717) is 6.54 Å². The van der Waals surface area contributed by atoms with Gasteiger partial charge in [-0.25, -0.2) is 0 Å². The smallest absolute Gasteiger partial charge is 0.0778 e. The molecule has 1 aliphatic carbocycles. The third-order valence-corrected chi connectivity index (χ3v) is 8.04. The van der Waals surface area contributed by atoms with Crippen molar-refractivity contribution < 1.29 is 0 Å². The van der Waals surface area contributed by atoms with Crippen molar-refractivity contribution in [2.75, 3.05) is 13.1 Å². The summed E-state index contributed by atoms with van der Waals surface area (Å²) in [4.78, 5) is 0. The molecule has 3 nitrogen and oxygen atoms in total. The Morgan fingerprint density at radius 1 is 0.878 bits per heavy atom. The molecular weight excluding hydrogens is 498 g/mol. The Labute approximate surface area is 243 Å².